The molecule has 0 unspecified atom stereocenters. The first-order chi connectivity index (χ1) is 10.2. The van der Waals surface area contributed by atoms with Crippen LogP contribution in [0.2, 0.25) is 5.02 Å². The summed E-state index contributed by atoms with van der Waals surface area (Å²) in [4.78, 5) is 0. The maximum absolute atomic E-state index is 9.43. The highest BCUT2D eigenvalue weighted by atomic mass is 79.9. The summed E-state index contributed by atoms with van der Waals surface area (Å²) >= 11 is 9.52. The standard InChI is InChI=1S/C15H12BrClO4/c16-11-2-1-9(12(17)4-11)7-19-13-5-15-14(20-8-21-15)3-10(13)6-18/h1-5,18H,6-8H2. The Balaban J connectivity index is 1.81. The second kappa shape index (κ2) is 6.13. The topological polar surface area (TPSA) is 47.9 Å². The van der Waals surface area contributed by atoms with Gasteiger partial charge in [-0.25, -0.2) is 0 Å². The van der Waals surface area contributed by atoms with Gasteiger partial charge in [0.15, 0.2) is 11.5 Å². The summed E-state index contributed by atoms with van der Waals surface area (Å²) < 4.78 is 17.3. The van der Waals surface area contributed by atoms with Crippen molar-refractivity contribution in [1.82, 2.24) is 0 Å². The Bertz CT molecular complexity index is 675. The van der Waals surface area contributed by atoms with Crippen molar-refractivity contribution in [3.63, 3.8) is 0 Å². The number of ether oxygens (including phenoxy) is 3. The van der Waals surface area contributed by atoms with Crippen molar-refractivity contribution in [2.24, 2.45) is 0 Å². The minimum Gasteiger partial charge on any atom is -0.488 e. The van der Waals surface area contributed by atoms with E-state index in [4.69, 9.17) is 25.8 Å². The minimum atomic E-state index is -0.139. The molecular weight excluding hydrogens is 360 g/mol. The summed E-state index contributed by atoms with van der Waals surface area (Å²) in [6.45, 7) is 0.348. The molecule has 4 nitrogen and oxygen atoms in total. The van der Waals surface area contributed by atoms with E-state index in [1.807, 2.05) is 18.2 Å². The lowest BCUT2D eigenvalue weighted by Crippen LogP contribution is -1.99. The van der Waals surface area contributed by atoms with Gasteiger partial charge in [-0.1, -0.05) is 33.6 Å². The third kappa shape index (κ3) is 3.10. The van der Waals surface area contributed by atoms with Gasteiger partial charge in [-0.3, -0.25) is 0 Å². The van der Waals surface area contributed by atoms with Gasteiger partial charge >= 0.3 is 0 Å². The van der Waals surface area contributed by atoms with Gasteiger partial charge in [0.05, 0.1) is 6.61 Å². The fraction of sp³-hybridized carbons (Fsp3) is 0.200. The highest BCUT2D eigenvalue weighted by Gasteiger charge is 2.18. The summed E-state index contributed by atoms with van der Waals surface area (Å²) in [5.41, 5.74) is 1.51. The van der Waals surface area contributed by atoms with Crippen LogP contribution in [0.5, 0.6) is 17.2 Å². The van der Waals surface area contributed by atoms with Crippen molar-refractivity contribution < 1.29 is 19.3 Å². The Morgan fingerprint density at radius 3 is 2.62 bits per heavy atom. The number of hydrogen-bond donors (Lipinski definition) is 1. The average molecular weight is 372 g/mol. The van der Waals surface area contributed by atoms with E-state index in [2.05, 4.69) is 15.9 Å². The summed E-state index contributed by atoms with van der Waals surface area (Å²) in [7, 11) is 0. The Labute approximate surface area is 135 Å². The molecule has 0 saturated carbocycles. The second-order valence-corrected chi connectivity index (χ2v) is 5.82. The van der Waals surface area contributed by atoms with Crippen LogP contribution in [0.25, 0.3) is 0 Å². The Morgan fingerprint density at radius 2 is 1.90 bits per heavy atom. The summed E-state index contributed by atoms with van der Waals surface area (Å²) in [5.74, 6) is 1.79. The molecule has 0 aliphatic carbocycles. The zero-order chi connectivity index (χ0) is 14.8. The van der Waals surface area contributed by atoms with E-state index < -0.39 is 0 Å². The van der Waals surface area contributed by atoms with Crippen molar-refractivity contribution in [1.29, 1.82) is 0 Å². The molecule has 1 N–H and O–H groups in total. The minimum absolute atomic E-state index is 0.139. The monoisotopic (exact) mass is 370 g/mol. The number of aliphatic hydroxyl groups excluding tert-OH is 1. The van der Waals surface area contributed by atoms with Crippen molar-refractivity contribution >= 4 is 27.5 Å². The molecule has 2 aromatic rings. The van der Waals surface area contributed by atoms with E-state index in [0.717, 1.165) is 10.0 Å². The Hall–Kier alpha value is -1.43. The molecule has 6 heteroatoms. The zero-order valence-corrected chi connectivity index (χ0v) is 13.3. The maximum Gasteiger partial charge on any atom is 0.231 e. The number of benzene rings is 2. The quantitative estimate of drug-likeness (QED) is 0.885. The first-order valence-electron chi connectivity index (χ1n) is 6.27. The van der Waals surface area contributed by atoms with Gasteiger partial charge in [-0.15, -0.1) is 0 Å². The summed E-state index contributed by atoms with van der Waals surface area (Å²) in [6, 6.07) is 9.05. The number of hydrogen-bond acceptors (Lipinski definition) is 4. The molecule has 3 rings (SSSR count). The molecule has 0 bridgehead atoms. The van der Waals surface area contributed by atoms with E-state index in [0.29, 0.717) is 34.4 Å². The molecule has 0 fully saturated rings. The fourth-order valence-corrected chi connectivity index (χ4v) is 2.75. The van der Waals surface area contributed by atoms with Crippen LogP contribution >= 0.6 is 27.5 Å². The lowest BCUT2D eigenvalue weighted by molar-refractivity contribution is 0.173. The number of halogens is 2. The molecule has 0 saturated heterocycles. The zero-order valence-electron chi connectivity index (χ0n) is 10.9. The van der Waals surface area contributed by atoms with Gasteiger partial charge in [0.25, 0.3) is 0 Å². The molecule has 1 aliphatic rings. The van der Waals surface area contributed by atoms with Gasteiger partial charge in [0.2, 0.25) is 6.79 Å². The van der Waals surface area contributed by atoms with Gasteiger partial charge in [0, 0.05) is 26.7 Å². The molecule has 2 aromatic carbocycles. The predicted octanol–water partition coefficient (Wildman–Crippen LogP) is 3.90. The number of fused-ring (bicyclic) bond motifs is 1. The van der Waals surface area contributed by atoms with E-state index in [1.165, 1.54) is 0 Å². The number of rotatable bonds is 4. The molecular formula is C15H12BrClO4. The fourth-order valence-electron chi connectivity index (χ4n) is 2.02. The highest BCUT2D eigenvalue weighted by molar-refractivity contribution is 9.10. The average Bonchev–Trinajstić information content (AvgIpc) is 2.92. The highest BCUT2D eigenvalue weighted by Crippen LogP contribution is 2.38. The van der Waals surface area contributed by atoms with Crippen LogP contribution in [0, 0.1) is 0 Å². The third-order valence-electron chi connectivity index (χ3n) is 3.12. The Morgan fingerprint density at radius 1 is 1.14 bits per heavy atom. The predicted molar refractivity (Wildman–Crippen MR) is 82.0 cm³/mol. The molecule has 0 amide bonds. The van der Waals surface area contributed by atoms with Crippen molar-refractivity contribution in [2.75, 3.05) is 6.79 Å². The van der Waals surface area contributed by atoms with Crippen LogP contribution in [0.15, 0.2) is 34.8 Å². The maximum atomic E-state index is 9.43. The smallest absolute Gasteiger partial charge is 0.231 e. The van der Waals surface area contributed by atoms with Crippen LogP contribution < -0.4 is 14.2 Å². The molecule has 0 radical (unpaired) electrons. The van der Waals surface area contributed by atoms with Crippen LogP contribution in [0.1, 0.15) is 11.1 Å². The van der Waals surface area contributed by atoms with Crippen LogP contribution in [-0.2, 0) is 13.2 Å². The molecule has 21 heavy (non-hydrogen) atoms. The largest absolute Gasteiger partial charge is 0.488 e. The van der Waals surface area contributed by atoms with Gasteiger partial charge in [-0.05, 0) is 18.2 Å². The SMILES string of the molecule is OCc1cc2c(cc1OCc1ccc(Br)cc1Cl)OCO2. The lowest BCUT2D eigenvalue weighted by Gasteiger charge is -2.12. The second-order valence-electron chi connectivity index (χ2n) is 4.50. The lowest BCUT2D eigenvalue weighted by atomic mass is 10.2. The van der Waals surface area contributed by atoms with Gasteiger partial charge in [0.1, 0.15) is 12.4 Å². The third-order valence-corrected chi connectivity index (χ3v) is 3.97. The Kier molecular flexibility index (Phi) is 4.24. The first-order valence-corrected chi connectivity index (χ1v) is 7.44. The number of aliphatic hydroxyl groups is 1. The first kappa shape index (κ1) is 14.5. The molecule has 1 heterocycles. The van der Waals surface area contributed by atoms with E-state index in [9.17, 15) is 5.11 Å². The summed E-state index contributed by atoms with van der Waals surface area (Å²) in [6.07, 6.45) is 0. The van der Waals surface area contributed by atoms with Crippen molar-refractivity contribution in [2.45, 2.75) is 13.2 Å². The normalized spacial score (nSPS) is 12.5. The van der Waals surface area contributed by atoms with E-state index in [-0.39, 0.29) is 13.4 Å². The van der Waals surface area contributed by atoms with Crippen LogP contribution in [-0.4, -0.2) is 11.9 Å². The van der Waals surface area contributed by atoms with Crippen LogP contribution in [0.3, 0.4) is 0 Å². The molecule has 0 spiro atoms. The molecule has 0 atom stereocenters. The van der Waals surface area contributed by atoms with Crippen molar-refractivity contribution in [3.05, 3.63) is 51.0 Å². The molecule has 1 aliphatic heterocycles. The molecule has 0 aromatic heterocycles. The summed E-state index contributed by atoms with van der Waals surface area (Å²) in [5, 5.41) is 10.1. The molecule has 110 valence electrons. The van der Waals surface area contributed by atoms with Crippen molar-refractivity contribution in [3.8, 4) is 17.2 Å². The van der Waals surface area contributed by atoms with E-state index in [1.54, 1.807) is 12.1 Å². The van der Waals surface area contributed by atoms with E-state index >= 15 is 0 Å². The van der Waals surface area contributed by atoms with Crippen LogP contribution in [0.4, 0.5) is 0 Å². The van der Waals surface area contributed by atoms with Gasteiger partial charge < -0.3 is 19.3 Å². The van der Waals surface area contributed by atoms with Gasteiger partial charge in [-0.2, -0.15) is 0 Å².